The van der Waals surface area contributed by atoms with Crippen molar-refractivity contribution in [2.45, 2.75) is 13.3 Å². The van der Waals surface area contributed by atoms with Gasteiger partial charge in [0.05, 0.1) is 7.11 Å². The third-order valence-corrected chi connectivity index (χ3v) is 3.20. The molecule has 0 amide bonds. The Bertz CT molecular complexity index is 698. The van der Waals surface area contributed by atoms with Crippen LogP contribution in [0.2, 0.25) is 0 Å². The van der Waals surface area contributed by atoms with Crippen molar-refractivity contribution in [1.29, 1.82) is 0 Å². The van der Waals surface area contributed by atoms with Crippen LogP contribution < -0.4 is 4.74 Å². The SMILES string of the molecule is CCc1ccc2oc(-c3ccc(OC)cc3)nc2c1. The molecule has 0 unspecified atom stereocenters. The summed E-state index contributed by atoms with van der Waals surface area (Å²) < 4.78 is 10.9. The first-order chi connectivity index (χ1) is 9.30. The fraction of sp³-hybridized carbons (Fsp3) is 0.188. The monoisotopic (exact) mass is 253 g/mol. The van der Waals surface area contributed by atoms with Crippen LogP contribution in [0.4, 0.5) is 0 Å². The molecular formula is C16H15NO2. The number of hydrogen-bond donors (Lipinski definition) is 0. The van der Waals surface area contributed by atoms with Gasteiger partial charge in [0, 0.05) is 5.56 Å². The maximum atomic E-state index is 5.78. The molecule has 0 aliphatic carbocycles. The number of aryl methyl sites for hydroxylation is 1. The summed E-state index contributed by atoms with van der Waals surface area (Å²) in [6.45, 7) is 2.13. The van der Waals surface area contributed by atoms with E-state index in [0.717, 1.165) is 28.8 Å². The number of methoxy groups -OCH3 is 1. The summed E-state index contributed by atoms with van der Waals surface area (Å²) in [7, 11) is 1.65. The lowest BCUT2D eigenvalue weighted by Crippen LogP contribution is -1.82. The van der Waals surface area contributed by atoms with Crippen LogP contribution in [0.1, 0.15) is 12.5 Å². The molecule has 0 atom stereocenters. The fourth-order valence-corrected chi connectivity index (χ4v) is 2.05. The van der Waals surface area contributed by atoms with Gasteiger partial charge in [0.15, 0.2) is 5.58 Å². The average molecular weight is 253 g/mol. The van der Waals surface area contributed by atoms with E-state index in [4.69, 9.17) is 9.15 Å². The van der Waals surface area contributed by atoms with Gasteiger partial charge in [-0.25, -0.2) is 4.98 Å². The van der Waals surface area contributed by atoms with Crippen LogP contribution in [-0.4, -0.2) is 12.1 Å². The molecule has 0 aliphatic rings. The van der Waals surface area contributed by atoms with Crippen molar-refractivity contribution in [2.24, 2.45) is 0 Å². The number of ether oxygens (including phenoxy) is 1. The second kappa shape index (κ2) is 4.76. The van der Waals surface area contributed by atoms with Crippen LogP contribution in [0.25, 0.3) is 22.6 Å². The number of aromatic nitrogens is 1. The van der Waals surface area contributed by atoms with Crippen LogP contribution in [0.15, 0.2) is 46.9 Å². The summed E-state index contributed by atoms with van der Waals surface area (Å²) in [5.74, 6) is 1.47. The van der Waals surface area contributed by atoms with E-state index in [0.29, 0.717) is 5.89 Å². The van der Waals surface area contributed by atoms with Gasteiger partial charge in [0.2, 0.25) is 5.89 Å². The number of hydrogen-bond acceptors (Lipinski definition) is 3. The summed E-state index contributed by atoms with van der Waals surface area (Å²) in [4.78, 5) is 4.54. The molecule has 0 spiro atoms. The molecule has 1 aromatic heterocycles. The average Bonchev–Trinajstić information content (AvgIpc) is 2.90. The van der Waals surface area contributed by atoms with Gasteiger partial charge in [-0.2, -0.15) is 0 Å². The lowest BCUT2D eigenvalue weighted by Gasteiger charge is -1.99. The van der Waals surface area contributed by atoms with E-state index in [9.17, 15) is 0 Å². The van der Waals surface area contributed by atoms with Crippen LogP contribution in [0.3, 0.4) is 0 Å². The van der Waals surface area contributed by atoms with E-state index < -0.39 is 0 Å². The van der Waals surface area contributed by atoms with Gasteiger partial charge >= 0.3 is 0 Å². The van der Waals surface area contributed by atoms with E-state index in [-0.39, 0.29) is 0 Å². The summed E-state index contributed by atoms with van der Waals surface area (Å²) >= 11 is 0. The highest BCUT2D eigenvalue weighted by Gasteiger charge is 2.08. The quantitative estimate of drug-likeness (QED) is 0.706. The second-order valence-electron chi connectivity index (χ2n) is 4.40. The topological polar surface area (TPSA) is 35.3 Å². The minimum atomic E-state index is 0.644. The van der Waals surface area contributed by atoms with Crippen LogP contribution in [0, 0.1) is 0 Å². The van der Waals surface area contributed by atoms with Gasteiger partial charge in [0.25, 0.3) is 0 Å². The maximum absolute atomic E-state index is 5.78. The largest absolute Gasteiger partial charge is 0.497 e. The van der Waals surface area contributed by atoms with Crippen LogP contribution >= 0.6 is 0 Å². The molecule has 1 heterocycles. The first-order valence-electron chi connectivity index (χ1n) is 6.34. The lowest BCUT2D eigenvalue weighted by atomic mass is 10.1. The van der Waals surface area contributed by atoms with Crippen LogP contribution in [0.5, 0.6) is 5.75 Å². The summed E-state index contributed by atoms with van der Waals surface area (Å²) in [6, 6.07) is 13.8. The molecule has 0 radical (unpaired) electrons. The van der Waals surface area contributed by atoms with Crippen molar-refractivity contribution < 1.29 is 9.15 Å². The third-order valence-electron chi connectivity index (χ3n) is 3.20. The molecule has 0 saturated carbocycles. The third kappa shape index (κ3) is 2.19. The highest BCUT2D eigenvalue weighted by atomic mass is 16.5. The normalized spacial score (nSPS) is 10.8. The Morgan fingerprint density at radius 3 is 2.58 bits per heavy atom. The van der Waals surface area contributed by atoms with Crippen molar-refractivity contribution in [3.63, 3.8) is 0 Å². The molecule has 3 heteroatoms. The van der Waals surface area contributed by atoms with E-state index >= 15 is 0 Å². The Labute approximate surface area is 111 Å². The Morgan fingerprint density at radius 1 is 1.11 bits per heavy atom. The van der Waals surface area contributed by atoms with Gasteiger partial charge in [0.1, 0.15) is 11.3 Å². The molecule has 2 aromatic carbocycles. The van der Waals surface area contributed by atoms with Crippen molar-refractivity contribution in [3.8, 4) is 17.2 Å². The van der Waals surface area contributed by atoms with Crippen molar-refractivity contribution >= 4 is 11.1 Å². The summed E-state index contributed by atoms with van der Waals surface area (Å²) in [6.07, 6.45) is 1.00. The molecule has 0 aliphatic heterocycles. The molecule has 3 rings (SSSR count). The Morgan fingerprint density at radius 2 is 1.89 bits per heavy atom. The van der Waals surface area contributed by atoms with Gasteiger partial charge in [-0.15, -0.1) is 0 Å². The summed E-state index contributed by atoms with van der Waals surface area (Å²) in [5, 5.41) is 0. The Balaban J connectivity index is 2.04. The molecule has 0 N–H and O–H groups in total. The zero-order chi connectivity index (χ0) is 13.2. The summed E-state index contributed by atoms with van der Waals surface area (Å²) in [5.41, 5.74) is 3.95. The van der Waals surface area contributed by atoms with E-state index in [1.165, 1.54) is 5.56 Å². The molecule has 0 fully saturated rings. The molecule has 19 heavy (non-hydrogen) atoms. The Kier molecular flexibility index (Phi) is 2.95. The number of oxazole rings is 1. The molecule has 96 valence electrons. The van der Waals surface area contributed by atoms with E-state index in [1.807, 2.05) is 30.3 Å². The molecule has 3 nitrogen and oxygen atoms in total. The minimum Gasteiger partial charge on any atom is -0.497 e. The number of benzene rings is 2. The van der Waals surface area contributed by atoms with E-state index in [2.05, 4.69) is 24.0 Å². The maximum Gasteiger partial charge on any atom is 0.227 e. The zero-order valence-corrected chi connectivity index (χ0v) is 11.0. The van der Waals surface area contributed by atoms with Gasteiger partial charge in [-0.05, 0) is 48.4 Å². The van der Waals surface area contributed by atoms with Crippen molar-refractivity contribution in [2.75, 3.05) is 7.11 Å². The molecular weight excluding hydrogens is 238 g/mol. The predicted octanol–water partition coefficient (Wildman–Crippen LogP) is 4.07. The fourth-order valence-electron chi connectivity index (χ4n) is 2.05. The number of nitrogens with zero attached hydrogens (tertiary/aromatic N) is 1. The predicted molar refractivity (Wildman–Crippen MR) is 75.4 cm³/mol. The van der Waals surface area contributed by atoms with Crippen molar-refractivity contribution in [3.05, 3.63) is 48.0 Å². The first-order valence-corrected chi connectivity index (χ1v) is 6.34. The smallest absolute Gasteiger partial charge is 0.227 e. The minimum absolute atomic E-state index is 0.644. The zero-order valence-electron chi connectivity index (χ0n) is 11.0. The molecule has 0 saturated heterocycles. The Hall–Kier alpha value is -2.29. The van der Waals surface area contributed by atoms with Gasteiger partial charge in [-0.1, -0.05) is 13.0 Å². The first kappa shape index (κ1) is 11.8. The van der Waals surface area contributed by atoms with Crippen LogP contribution in [-0.2, 0) is 6.42 Å². The number of fused-ring (bicyclic) bond motifs is 1. The molecule has 3 aromatic rings. The van der Waals surface area contributed by atoms with E-state index in [1.54, 1.807) is 7.11 Å². The van der Waals surface area contributed by atoms with Gasteiger partial charge in [-0.3, -0.25) is 0 Å². The van der Waals surface area contributed by atoms with Gasteiger partial charge < -0.3 is 9.15 Å². The molecule has 0 bridgehead atoms. The standard InChI is InChI=1S/C16H15NO2/c1-3-11-4-9-15-14(10-11)17-16(19-15)12-5-7-13(18-2)8-6-12/h4-10H,3H2,1-2H3. The number of rotatable bonds is 3. The highest BCUT2D eigenvalue weighted by molar-refractivity contribution is 5.77. The lowest BCUT2D eigenvalue weighted by molar-refractivity contribution is 0.415. The van der Waals surface area contributed by atoms with Crippen molar-refractivity contribution in [1.82, 2.24) is 4.98 Å². The second-order valence-corrected chi connectivity index (χ2v) is 4.40. The highest BCUT2D eigenvalue weighted by Crippen LogP contribution is 2.26.